The van der Waals surface area contributed by atoms with Crippen molar-refractivity contribution in [1.82, 2.24) is 10.6 Å². The topological polar surface area (TPSA) is 79.5 Å². The molecule has 3 rings (SSSR count). The van der Waals surface area contributed by atoms with Crippen molar-refractivity contribution in [3.8, 4) is 0 Å². The molecular weight excluding hydrogens is 354 g/mol. The van der Waals surface area contributed by atoms with Gasteiger partial charge < -0.3 is 20.7 Å². The molecule has 1 fully saturated rings. The largest absolute Gasteiger partial charge is 0.376 e. The third-order valence-electron chi connectivity index (χ3n) is 4.80. The van der Waals surface area contributed by atoms with Gasteiger partial charge >= 0.3 is 0 Å². The first kappa shape index (κ1) is 19.9. The molecule has 1 aliphatic rings. The number of rotatable bonds is 8. The van der Waals surface area contributed by atoms with E-state index < -0.39 is 0 Å². The van der Waals surface area contributed by atoms with Crippen LogP contribution in [0.15, 0.2) is 54.6 Å². The highest BCUT2D eigenvalue weighted by Crippen LogP contribution is 2.14. The second kappa shape index (κ2) is 9.90. The first-order chi connectivity index (χ1) is 13.6. The SMILES string of the molecule is CC(NC(=O)c1ccc(NCC(=O)NCC2CCCO2)cc1)c1ccccc1. The van der Waals surface area contributed by atoms with Crippen LogP contribution in [-0.2, 0) is 9.53 Å². The number of anilines is 1. The van der Waals surface area contributed by atoms with E-state index in [-0.39, 0.29) is 30.5 Å². The lowest BCUT2D eigenvalue weighted by atomic mass is 10.1. The number of benzene rings is 2. The Morgan fingerprint density at radius 2 is 1.86 bits per heavy atom. The molecule has 1 aliphatic heterocycles. The van der Waals surface area contributed by atoms with E-state index in [9.17, 15) is 9.59 Å². The number of amides is 2. The number of ether oxygens (including phenoxy) is 1. The van der Waals surface area contributed by atoms with Crippen molar-refractivity contribution in [1.29, 1.82) is 0 Å². The summed E-state index contributed by atoms with van der Waals surface area (Å²) in [7, 11) is 0. The van der Waals surface area contributed by atoms with Crippen molar-refractivity contribution >= 4 is 17.5 Å². The molecule has 2 unspecified atom stereocenters. The Bertz CT molecular complexity index is 771. The van der Waals surface area contributed by atoms with Gasteiger partial charge in [0.1, 0.15) is 0 Å². The molecule has 2 aromatic carbocycles. The van der Waals surface area contributed by atoms with Crippen molar-refractivity contribution < 1.29 is 14.3 Å². The van der Waals surface area contributed by atoms with Crippen LogP contribution in [0.5, 0.6) is 0 Å². The standard InChI is InChI=1S/C22H27N3O3/c1-16(17-6-3-2-4-7-17)25-22(27)18-9-11-19(12-10-18)23-15-21(26)24-14-20-8-5-13-28-20/h2-4,6-7,9-12,16,20,23H,5,8,13-15H2,1H3,(H,24,26)(H,25,27). The van der Waals surface area contributed by atoms with Crippen LogP contribution in [0.4, 0.5) is 5.69 Å². The number of hydrogen-bond donors (Lipinski definition) is 3. The summed E-state index contributed by atoms with van der Waals surface area (Å²) in [5.41, 5.74) is 2.43. The van der Waals surface area contributed by atoms with Crippen LogP contribution >= 0.6 is 0 Å². The van der Waals surface area contributed by atoms with Crippen molar-refractivity contribution in [2.75, 3.05) is 25.0 Å². The van der Waals surface area contributed by atoms with Gasteiger partial charge in [0.15, 0.2) is 0 Å². The van der Waals surface area contributed by atoms with Gasteiger partial charge in [-0.3, -0.25) is 9.59 Å². The van der Waals surface area contributed by atoms with E-state index in [0.29, 0.717) is 12.1 Å². The maximum absolute atomic E-state index is 12.4. The second-order valence-electron chi connectivity index (χ2n) is 6.98. The maximum atomic E-state index is 12.4. The maximum Gasteiger partial charge on any atom is 0.251 e. The van der Waals surface area contributed by atoms with E-state index in [2.05, 4.69) is 16.0 Å². The summed E-state index contributed by atoms with van der Waals surface area (Å²) < 4.78 is 5.48. The average molecular weight is 381 g/mol. The average Bonchev–Trinajstić information content (AvgIpc) is 3.25. The highest BCUT2D eigenvalue weighted by molar-refractivity contribution is 5.94. The Balaban J connectivity index is 1.43. The van der Waals surface area contributed by atoms with Gasteiger partial charge in [0.05, 0.1) is 18.7 Å². The van der Waals surface area contributed by atoms with Crippen molar-refractivity contribution in [3.63, 3.8) is 0 Å². The number of nitrogens with one attached hydrogen (secondary N) is 3. The van der Waals surface area contributed by atoms with Gasteiger partial charge in [0.2, 0.25) is 5.91 Å². The lowest BCUT2D eigenvalue weighted by Crippen LogP contribution is -2.35. The van der Waals surface area contributed by atoms with E-state index in [4.69, 9.17) is 4.74 Å². The van der Waals surface area contributed by atoms with Gasteiger partial charge in [0, 0.05) is 24.4 Å². The van der Waals surface area contributed by atoms with Crippen LogP contribution in [-0.4, -0.2) is 37.6 Å². The summed E-state index contributed by atoms with van der Waals surface area (Å²) >= 11 is 0. The molecule has 0 saturated carbocycles. The van der Waals surface area contributed by atoms with Crippen molar-refractivity contribution in [2.45, 2.75) is 31.9 Å². The zero-order chi connectivity index (χ0) is 19.8. The van der Waals surface area contributed by atoms with Crippen molar-refractivity contribution in [3.05, 3.63) is 65.7 Å². The molecular formula is C22H27N3O3. The molecule has 6 nitrogen and oxygen atoms in total. The molecule has 148 valence electrons. The van der Waals surface area contributed by atoms with Crippen LogP contribution < -0.4 is 16.0 Å². The lowest BCUT2D eigenvalue weighted by molar-refractivity contribution is -0.119. The molecule has 3 N–H and O–H groups in total. The Labute approximate surface area is 165 Å². The summed E-state index contributed by atoms with van der Waals surface area (Å²) in [6.07, 6.45) is 2.20. The van der Waals surface area contributed by atoms with Gasteiger partial charge in [0.25, 0.3) is 5.91 Å². The van der Waals surface area contributed by atoms with Crippen LogP contribution in [0.3, 0.4) is 0 Å². The first-order valence-electron chi connectivity index (χ1n) is 9.70. The van der Waals surface area contributed by atoms with Crippen LogP contribution in [0, 0.1) is 0 Å². The van der Waals surface area contributed by atoms with E-state index in [0.717, 1.165) is 30.7 Å². The number of hydrogen-bond acceptors (Lipinski definition) is 4. The predicted octanol–water partition coefficient (Wildman–Crippen LogP) is 2.88. The number of carbonyl (C=O) groups is 2. The summed E-state index contributed by atoms with van der Waals surface area (Å²) in [5.74, 6) is -0.203. The normalized spacial score (nSPS) is 17.0. The smallest absolute Gasteiger partial charge is 0.251 e. The highest BCUT2D eigenvalue weighted by atomic mass is 16.5. The van der Waals surface area contributed by atoms with E-state index in [1.165, 1.54) is 0 Å². The fourth-order valence-electron chi connectivity index (χ4n) is 3.12. The van der Waals surface area contributed by atoms with E-state index in [1.54, 1.807) is 24.3 Å². The lowest BCUT2D eigenvalue weighted by Gasteiger charge is -2.15. The molecule has 0 aliphatic carbocycles. The van der Waals surface area contributed by atoms with Crippen LogP contribution in [0.25, 0.3) is 0 Å². The fourth-order valence-corrected chi connectivity index (χ4v) is 3.12. The Hall–Kier alpha value is -2.86. The van der Waals surface area contributed by atoms with Crippen LogP contribution in [0.2, 0.25) is 0 Å². The quantitative estimate of drug-likeness (QED) is 0.657. The molecule has 2 aromatic rings. The van der Waals surface area contributed by atoms with Gasteiger partial charge in [-0.25, -0.2) is 0 Å². The molecule has 1 saturated heterocycles. The molecule has 6 heteroatoms. The van der Waals surface area contributed by atoms with Crippen molar-refractivity contribution in [2.24, 2.45) is 0 Å². The summed E-state index contributed by atoms with van der Waals surface area (Å²) in [6.45, 7) is 3.48. The first-order valence-corrected chi connectivity index (χ1v) is 9.70. The summed E-state index contributed by atoms with van der Waals surface area (Å²) in [4.78, 5) is 24.3. The minimum Gasteiger partial charge on any atom is -0.376 e. The zero-order valence-electron chi connectivity index (χ0n) is 16.1. The molecule has 0 spiro atoms. The molecule has 0 aromatic heterocycles. The van der Waals surface area contributed by atoms with E-state index in [1.807, 2.05) is 37.3 Å². The highest BCUT2D eigenvalue weighted by Gasteiger charge is 2.16. The third-order valence-corrected chi connectivity index (χ3v) is 4.80. The van der Waals surface area contributed by atoms with Gasteiger partial charge in [-0.05, 0) is 49.6 Å². The fraction of sp³-hybridized carbons (Fsp3) is 0.364. The summed E-state index contributed by atoms with van der Waals surface area (Å²) in [6, 6.07) is 16.9. The minimum absolute atomic E-state index is 0.0703. The molecule has 1 heterocycles. The van der Waals surface area contributed by atoms with Gasteiger partial charge in [-0.1, -0.05) is 30.3 Å². The van der Waals surface area contributed by atoms with E-state index >= 15 is 0 Å². The molecule has 28 heavy (non-hydrogen) atoms. The summed E-state index contributed by atoms with van der Waals surface area (Å²) in [5, 5.41) is 8.93. The Morgan fingerprint density at radius 1 is 1.11 bits per heavy atom. The second-order valence-corrected chi connectivity index (χ2v) is 6.98. The Kier molecular flexibility index (Phi) is 7.03. The number of carbonyl (C=O) groups excluding carboxylic acids is 2. The van der Waals surface area contributed by atoms with Gasteiger partial charge in [-0.15, -0.1) is 0 Å². The predicted molar refractivity (Wildman–Crippen MR) is 109 cm³/mol. The van der Waals surface area contributed by atoms with Gasteiger partial charge in [-0.2, -0.15) is 0 Å². The molecule has 2 atom stereocenters. The van der Waals surface area contributed by atoms with Crippen LogP contribution in [0.1, 0.15) is 41.7 Å². The molecule has 0 radical (unpaired) electrons. The minimum atomic E-state index is -0.128. The monoisotopic (exact) mass is 381 g/mol. The third kappa shape index (κ3) is 5.82. The Morgan fingerprint density at radius 3 is 2.54 bits per heavy atom. The molecule has 2 amide bonds. The molecule has 0 bridgehead atoms. The zero-order valence-corrected chi connectivity index (χ0v) is 16.1.